The summed E-state index contributed by atoms with van der Waals surface area (Å²) in [6.07, 6.45) is 19.4. The third kappa shape index (κ3) is 5.27. The smallest absolute Gasteiger partial charge is 0.106 e. The molecule has 4 nitrogen and oxygen atoms in total. The number of rotatable bonds is 7. The van der Waals surface area contributed by atoms with Gasteiger partial charge in [0, 0.05) is 12.3 Å². The molecule has 4 heteroatoms. The van der Waals surface area contributed by atoms with Crippen molar-refractivity contribution in [1.82, 2.24) is 0 Å². The third-order valence-electron chi connectivity index (χ3n) is 8.38. The van der Waals surface area contributed by atoms with Gasteiger partial charge in [-0.05, 0) is 85.8 Å². The molecule has 0 heterocycles. The van der Waals surface area contributed by atoms with Gasteiger partial charge in [0.25, 0.3) is 0 Å². The lowest BCUT2D eigenvalue weighted by Crippen LogP contribution is -2.32. The van der Waals surface area contributed by atoms with Gasteiger partial charge in [-0.1, -0.05) is 61.0 Å². The van der Waals surface area contributed by atoms with Crippen LogP contribution in [0.1, 0.15) is 71.6 Å². The van der Waals surface area contributed by atoms with Crippen molar-refractivity contribution in [2.24, 2.45) is 28.3 Å². The molecule has 0 spiro atoms. The van der Waals surface area contributed by atoms with Gasteiger partial charge >= 0.3 is 0 Å². The molecule has 33 heavy (non-hydrogen) atoms. The van der Waals surface area contributed by atoms with Crippen molar-refractivity contribution in [1.29, 1.82) is 0 Å². The first-order chi connectivity index (χ1) is 15.8. The Balaban J connectivity index is 1.44. The second-order valence-corrected chi connectivity index (χ2v) is 10.8. The van der Waals surface area contributed by atoms with E-state index < -0.39 is 12.2 Å². The summed E-state index contributed by atoms with van der Waals surface area (Å²) in [5.41, 5.74) is 6.19. The number of oxime groups is 1. The van der Waals surface area contributed by atoms with Crippen molar-refractivity contribution in [2.45, 2.75) is 83.8 Å². The molecule has 0 aromatic heterocycles. The van der Waals surface area contributed by atoms with E-state index in [-0.39, 0.29) is 5.41 Å². The number of aliphatic hydroxyl groups excluding tert-OH is 2. The van der Waals surface area contributed by atoms with Crippen LogP contribution in [0.4, 0.5) is 0 Å². The molecule has 0 aliphatic heterocycles. The average molecular weight is 452 g/mol. The average Bonchev–Trinajstić information content (AvgIpc) is 3.55. The lowest BCUT2D eigenvalue weighted by atomic mass is 9.62. The van der Waals surface area contributed by atoms with Crippen LogP contribution in [0.25, 0.3) is 0 Å². The van der Waals surface area contributed by atoms with Crippen LogP contribution in [0.15, 0.2) is 64.4 Å². The Hall–Kier alpha value is -1.91. The normalized spacial score (nSPS) is 36.4. The second-order valence-electron chi connectivity index (χ2n) is 10.8. The molecule has 4 aliphatic carbocycles. The molecule has 0 aromatic carbocycles. The second kappa shape index (κ2) is 10.1. The number of fused-ring (bicyclic) bond motifs is 1. The Morgan fingerprint density at radius 1 is 1.33 bits per heavy atom. The van der Waals surface area contributed by atoms with Crippen LogP contribution >= 0.6 is 0 Å². The van der Waals surface area contributed by atoms with E-state index in [0.717, 1.165) is 36.1 Å². The van der Waals surface area contributed by atoms with Crippen LogP contribution in [0, 0.1) is 23.2 Å². The van der Waals surface area contributed by atoms with Gasteiger partial charge in [-0.2, -0.15) is 0 Å². The van der Waals surface area contributed by atoms with Crippen molar-refractivity contribution in [2.75, 3.05) is 7.11 Å². The van der Waals surface area contributed by atoms with E-state index in [9.17, 15) is 10.2 Å². The molecular formula is C29H41NO3. The lowest BCUT2D eigenvalue weighted by Gasteiger charge is -2.42. The third-order valence-corrected chi connectivity index (χ3v) is 8.38. The number of hydrogen-bond acceptors (Lipinski definition) is 4. The molecule has 4 rings (SSSR count). The standard InChI is InChI=1S/C29H41NO3/c1-19(7-5-9-27(30-33-4)22-11-12-22)25-14-15-26-21(8-6-16-29(25,26)3)10-13-23-17-24(31)18-28(32)20(23)2/h5,9-10,13-14,19,22,24,26,28,31-32H,2,6-8,11-12,15-18H2,1,3-4H3/b9-5+,21-10+,23-13-,30-27?/t19-,24-,26+,28+,29-/m1/s1. The fraction of sp³-hybridized carbons (Fsp3) is 0.621. The Morgan fingerprint density at radius 2 is 2.12 bits per heavy atom. The van der Waals surface area contributed by atoms with Gasteiger partial charge in [-0.3, -0.25) is 0 Å². The maximum Gasteiger partial charge on any atom is 0.106 e. The quantitative estimate of drug-likeness (QED) is 0.282. The fourth-order valence-electron chi connectivity index (χ4n) is 6.33. The molecular weight excluding hydrogens is 410 g/mol. The topological polar surface area (TPSA) is 62.0 Å². The highest BCUT2D eigenvalue weighted by atomic mass is 16.6. The predicted molar refractivity (Wildman–Crippen MR) is 135 cm³/mol. The van der Waals surface area contributed by atoms with Crippen LogP contribution < -0.4 is 0 Å². The summed E-state index contributed by atoms with van der Waals surface area (Å²) in [4.78, 5) is 5.03. The fourth-order valence-corrected chi connectivity index (χ4v) is 6.33. The van der Waals surface area contributed by atoms with Crippen molar-refractivity contribution in [3.05, 3.63) is 59.3 Å². The zero-order chi connectivity index (χ0) is 23.6. The predicted octanol–water partition coefficient (Wildman–Crippen LogP) is 6.04. The molecule has 4 aliphatic rings. The molecule has 0 amide bonds. The summed E-state index contributed by atoms with van der Waals surface area (Å²) in [6.45, 7) is 8.89. The molecule has 3 fully saturated rings. The molecule has 0 bridgehead atoms. The van der Waals surface area contributed by atoms with E-state index in [2.05, 4.69) is 56.0 Å². The highest BCUT2D eigenvalue weighted by Crippen LogP contribution is 2.57. The minimum atomic E-state index is -0.627. The van der Waals surface area contributed by atoms with Crippen LogP contribution in [-0.2, 0) is 4.84 Å². The van der Waals surface area contributed by atoms with Gasteiger partial charge in [0.05, 0.1) is 17.9 Å². The Labute approximate surface area is 199 Å². The minimum absolute atomic E-state index is 0.221. The highest BCUT2D eigenvalue weighted by Gasteiger charge is 2.45. The summed E-state index contributed by atoms with van der Waals surface area (Å²) in [6, 6.07) is 0. The first-order valence-electron chi connectivity index (χ1n) is 12.8. The molecule has 0 aromatic rings. The van der Waals surface area contributed by atoms with Gasteiger partial charge < -0.3 is 15.1 Å². The minimum Gasteiger partial charge on any atom is -0.399 e. The van der Waals surface area contributed by atoms with E-state index in [4.69, 9.17) is 4.84 Å². The van der Waals surface area contributed by atoms with E-state index >= 15 is 0 Å². The summed E-state index contributed by atoms with van der Waals surface area (Å²) in [7, 11) is 1.63. The van der Waals surface area contributed by atoms with Crippen LogP contribution in [0.5, 0.6) is 0 Å². The number of nitrogens with zero attached hydrogens (tertiary/aromatic N) is 1. The maximum atomic E-state index is 10.2. The maximum absolute atomic E-state index is 10.2. The van der Waals surface area contributed by atoms with Gasteiger partial charge in [0.1, 0.15) is 7.11 Å². The number of aliphatic hydroxyl groups is 2. The molecule has 0 radical (unpaired) electrons. The summed E-state index contributed by atoms with van der Waals surface area (Å²) in [5, 5.41) is 24.4. The zero-order valence-corrected chi connectivity index (χ0v) is 20.6. The highest BCUT2D eigenvalue weighted by molar-refractivity contribution is 5.98. The van der Waals surface area contributed by atoms with Crippen LogP contribution in [0.3, 0.4) is 0 Å². The van der Waals surface area contributed by atoms with E-state index in [1.807, 2.05) is 0 Å². The first-order valence-corrected chi connectivity index (χ1v) is 12.8. The molecule has 180 valence electrons. The monoisotopic (exact) mass is 451 g/mol. The largest absolute Gasteiger partial charge is 0.399 e. The molecule has 0 unspecified atom stereocenters. The van der Waals surface area contributed by atoms with Crippen molar-refractivity contribution in [3.8, 4) is 0 Å². The molecule has 2 N–H and O–H groups in total. The Morgan fingerprint density at radius 3 is 2.85 bits per heavy atom. The van der Waals surface area contributed by atoms with Crippen molar-refractivity contribution >= 4 is 5.71 Å². The number of hydrogen-bond donors (Lipinski definition) is 2. The van der Waals surface area contributed by atoms with Gasteiger partial charge in [-0.15, -0.1) is 0 Å². The summed E-state index contributed by atoms with van der Waals surface area (Å²) >= 11 is 0. The summed E-state index contributed by atoms with van der Waals surface area (Å²) in [5.74, 6) is 1.65. The van der Waals surface area contributed by atoms with Gasteiger partial charge in [-0.25, -0.2) is 0 Å². The van der Waals surface area contributed by atoms with E-state index in [0.29, 0.717) is 30.6 Å². The molecule has 5 atom stereocenters. The Kier molecular flexibility index (Phi) is 7.45. The number of allylic oxidation sites excluding steroid dienone is 7. The van der Waals surface area contributed by atoms with Gasteiger partial charge in [0.15, 0.2) is 0 Å². The van der Waals surface area contributed by atoms with Crippen LogP contribution in [-0.4, -0.2) is 35.2 Å². The van der Waals surface area contributed by atoms with Gasteiger partial charge in [0.2, 0.25) is 0 Å². The summed E-state index contributed by atoms with van der Waals surface area (Å²) < 4.78 is 0. The SMILES string of the molecule is C=C1/C(=C\C=C2/CCC[C@]3(C)C([C@H](C)C/C=C/C(=NOC)C4CC4)=CC[C@@H]23)C[C@@H](O)C[C@@H]1O. The molecule has 3 saturated carbocycles. The molecule has 0 saturated heterocycles. The lowest BCUT2D eigenvalue weighted by molar-refractivity contribution is 0.0862. The zero-order valence-electron chi connectivity index (χ0n) is 20.6. The van der Waals surface area contributed by atoms with Crippen molar-refractivity contribution < 1.29 is 15.1 Å². The van der Waals surface area contributed by atoms with E-state index in [1.165, 1.54) is 31.3 Å². The first kappa shape index (κ1) is 24.2. The van der Waals surface area contributed by atoms with Crippen molar-refractivity contribution in [3.63, 3.8) is 0 Å². The van der Waals surface area contributed by atoms with Crippen LogP contribution in [0.2, 0.25) is 0 Å². The Bertz CT molecular complexity index is 904. The van der Waals surface area contributed by atoms with E-state index in [1.54, 1.807) is 12.7 Å².